The molecule has 0 saturated carbocycles. The summed E-state index contributed by atoms with van der Waals surface area (Å²) in [5, 5.41) is 5.36. The Labute approximate surface area is 157 Å². The Morgan fingerprint density at radius 3 is 2.63 bits per heavy atom. The summed E-state index contributed by atoms with van der Waals surface area (Å²) in [7, 11) is 0. The van der Waals surface area contributed by atoms with E-state index in [-0.39, 0.29) is 5.91 Å². The molecule has 2 aromatic rings. The fourth-order valence-electron chi connectivity index (χ4n) is 3.03. The summed E-state index contributed by atoms with van der Waals surface area (Å²) in [6.45, 7) is 4.20. The van der Waals surface area contributed by atoms with Crippen molar-refractivity contribution in [1.82, 2.24) is 10.6 Å². The number of aryl methyl sites for hydroxylation is 1. The average Bonchev–Trinajstić information content (AvgIpc) is 3.19. The van der Waals surface area contributed by atoms with Gasteiger partial charge < -0.3 is 20.0 Å². The Kier molecular flexibility index (Phi) is 5.59. The maximum atomic E-state index is 12.8. The first-order chi connectivity index (χ1) is 13.0. The highest BCUT2D eigenvalue weighted by Gasteiger charge is 2.32. The second-order valence-corrected chi connectivity index (χ2v) is 6.74. The second kappa shape index (κ2) is 8.07. The molecule has 0 spiro atoms. The first kappa shape index (κ1) is 18.7. The average molecular weight is 369 g/mol. The molecule has 2 heterocycles. The quantitative estimate of drug-likeness (QED) is 0.843. The summed E-state index contributed by atoms with van der Waals surface area (Å²) in [6, 6.07) is 7.88. The zero-order valence-corrected chi connectivity index (χ0v) is 15.4. The number of nitrogens with one attached hydrogen (secondary N) is 2. The Morgan fingerprint density at radius 2 is 1.96 bits per heavy atom. The molecule has 7 heteroatoms. The van der Waals surface area contributed by atoms with Crippen molar-refractivity contribution < 1.29 is 18.8 Å². The van der Waals surface area contributed by atoms with Crippen molar-refractivity contribution in [3.8, 4) is 0 Å². The van der Waals surface area contributed by atoms with Crippen LogP contribution in [0.25, 0.3) is 0 Å². The standard InChI is InChI=1S/C20H23N3O4/c1-13-5-7-16(8-6-13)23-10-3-4-17(20(23)26)22-18(24)14(2)21-19(25)15-9-11-27-12-15/h5-9,11-12,14,17H,3-4,10H2,1-2H3,(H,21,25)(H,22,24). The summed E-state index contributed by atoms with van der Waals surface area (Å²) in [4.78, 5) is 38.9. The molecule has 7 nitrogen and oxygen atoms in total. The van der Waals surface area contributed by atoms with E-state index in [9.17, 15) is 14.4 Å². The molecule has 1 aromatic heterocycles. The minimum absolute atomic E-state index is 0.133. The number of anilines is 1. The van der Waals surface area contributed by atoms with Gasteiger partial charge in [0, 0.05) is 12.2 Å². The van der Waals surface area contributed by atoms with Gasteiger partial charge in [-0.3, -0.25) is 14.4 Å². The fraction of sp³-hybridized carbons (Fsp3) is 0.350. The molecule has 1 aliphatic rings. The van der Waals surface area contributed by atoms with Crippen LogP contribution in [0.5, 0.6) is 0 Å². The van der Waals surface area contributed by atoms with Gasteiger partial charge in [-0.15, -0.1) is 0 Å². The number of piperidine rings is 1. The number of hydrogen-bond acceptors (Lipinski definition) is 4. The van der Waals surface area contributed by atoms with Gasteiger partial charge in [-0.2, -0.15) is 0 Å². The highest BCUT2D eigenvalue weighted by Crippen LogP contribution is 2.21. The van der Waals surface area contributed by atoms with Crippen LogP contribution in [0.4, 0.5) is 5.69 Å². The van der Waals surface area contributed by atoms with Crippen LogP contribution in [-0.2, 0) is 9.59 Å². The van der Waals surface area contributed by atoms with Crippen molar-refractivity contribution in [2.24, 2.45) is 0 Å². The number of carbonyl (C=O) groups is 3. The second-order valence-electron chi connectivity index (χ2n) is 6.74. The Bertz CT molecular complexity index is 814. The van der Waals surface area contributed by atoms with Gasteiger partial charge in [-0.25, -0.2) is 0 Å². The molecule has 3 rings (SSSR count). The van der Waals surface area contributed by atoms with Crippen molar-refractivity contribution in [2.75, 3.05) is 11.4 Å². The molecule has 1 saturated heterocycles. The number of amides is 3. The van der Waals surface area contributed by atoms with E-state index in [4.69, 9.17) is 4.42 Å². The van der Waals surface area contributed by atoms with E-state index >= 15 is 0 Å². The van der Waals surface area contributed by atoms with E-state index in [0.717, 1.165) is 17.7 Å². The molecule has 0 bridgehead atoms. The summed E-state index contributed by atoms with van der Waals surface area (Å²) in [5.41, 5.74) is 2.29. The topological polar surface area (TPSA) is 91.7 Å². The zero-order valence-electron chi connectivity index (χ0n) is 15.4. The highest BCUT2D eigenvalue weighted by atomic mass is 16.3. The van der Waals surface area contributed by atoms with Crippen LogP contribution < -0.4 is 15.5 Å². The molecule has 2 unspecified atom stereocenters. The van der Waals surface area contributed by atoms with Crippen LogP contribution in [0.15, 0.2) is 47.3 Å². The monoisotopic (exact) mass is 369 g/mol. The Hall–Kier alpha value is -3.09. The highest BCUT2D eigenvalue weighted by molar-refractivity contribution is 6.01. The molecular weight excluding hydrogens is 346 g/mol. The molecule has 1 fully saturated rings. The van der Waals surface area contributed by atoms with Crippen molar-refractivity contribution in [1.29, 1.82) is 0 Å². The number of furan rings is 1. The van der Waals surface area contributed by atoms with E-state index in [1.54, 1.807) is 11.8 Å². The number of benzene rings is 1. The lowest BCUT2D eigenvalue weighted by molar-refractivity contribution is -0.129. The van der Waals surface area contributed by atoms with E-state index in [2.05, 4.69) is 10.6 Å². The lowest BCUT2D eigenvalue weighted by atomic mass is 10.0. The lowest BCUT2D eigenvalue weighted by Crippen LogP contribution is -2.56. The SMILES string of the molecule is Cc1ccc(N2CCCC(NC(=O)C(C)NC(=O)c3ccoc3)C2=O)cc1. The van der Waals surface area contributed by atoms with Crippen LogP contribution in [0.3, 0.4) is 0 Å². The molecule has 0 radical (unpaired) electrons. The number of rotatable bonds is 5. The largest absolute Gasteiger partial charge is 0.472 e. The third kappa shape index (κ3) is 4.36. The molecule has 1 aromatic carbocycles. The van der Waals surface area contributed by atoms with Gasteiger partial charge in [-0.1, -0.05) is 17.7 Å². The molecule has 1 aliphatic heterocycles. The van der Waals surface area contributed by atoms with Gasteiger partial charge in [-0.05, 0) is 44.9 Å². The Morgan fingerprint density at radius 1 is 1.22 bits per heavy atom. The van der Waals surface area contributed by atoms with Gasteiger partial charge in [0.2, 0.25) is 11.8 Å². The molecule has 0 aliphatic carbocycles. The first-order valence-electron chi connectivity index (χ1n) is 8.97. The van der Waals surface area contributed by atoms with Crippen molar-refractivity contribution in [3.63, 3.8) is 0 Å². The van der Waals surface area contributed by atoms with Crippen molar-refractivity contribution in [3.05, 3.63) is 54.0 Å². The summed E-state index contributed by atoms with van der Waals surface area (Å²) in [6.07, 6.45) is 4.07. The van der Waals surface area contributed by atoms with Crippen molar-refractivity contribution >= 4 is 23.4 Å². The predicted octanol–water partition coefficient (Wildman–Crippen LogP) is 2.02. The molecular formula is C20H23N3O4. The number of carbonyl (C=O) groups excluding carboxylic acids is 3. The van der Waals surface area contributed by atoms with Crippen LogP contribution >= 0.6 is 0 Å². The van der Waals surface area contributed by atoms with Gasteiger partial charge >= 0.3 is 0 Å². The molecule has 27 heavy (non-hydrogen) atoms. The molecule has 142 valence electrons. The molecule has 2 atom stereocenters. The molecule has 2 N–H and O–H groups in total. The van der Waals surface area contributed by atoms with E-state index in [1.165, 1.54) is 18.6 Å². The third-order valence-electron chi connectivity index (χ3n) is 4.63. The van der Waals surface area contributed by atoms with Gasteiger partial charge in [0.15, 0.2) is 0 Å². The van der Waals surface area contributed by atoms with E-state index in [1.807, 2.05) is 31.2 Å². The van der Waals surface area contributed by atoms with Crippen LogP contribution in [0.1, 0.15) is 35.7 Å². The summed E-state index contributed by atoms with van der Waals surface area (Å²) < 4.78 is 4.86. The van der Waals surface area contributed by atoms with Crippen LogP contribution in [0.2, 0.25) is 0 Å². The first-order valence-corrected chi connectivity index (χ1v) is 8.97. The number of hydrogen-bond donors (Lipinski definition) is 2. The number of nitrogens with zero attached hydrogens (tertiary/aromatic N) is 1. The summed E-state index contributed by atoms with van der Waals surface area (Å²) in [5.74, 6) is -0.926. The van der Waals surface area contributed by atoms with E-state index < -0.39 is 23.9 Å². The minimum Gasteiger partial charge on any atom is -0.472 e. The maximum Gasteiger partial charge on any atom is 0.255 e. The predicted molar refractivity (Wildman–Crippen MR) is 100 cm³/mol. The third-order valence-corrected chi connectivity index (χ3v) is 4.63. The van der Waals surface area contributed by atoms with Crippen molar-refractivity contribution in [2.45, 2.75) is 38.8 Å². The van der Waals surface area contributed by atoms with Gasteiger partial charge in [0.1, 0.15) is 18.3 Å². The normalized spacial score (nSPS) is 18.1. The van der Waals surface area contributed by atoms with Gasteiger partial charge in [0.25, 0.3) is 5.91 Å². The molecule has 3 amide bonds. The lowest BCUT2D eigenvalue weighted by Gasteiger charge is -2.33. The zero-order chi connectivity index (χ0) is 19.4. The van der Waals surface area contributed by atoms with Gasteiger partial charge in [0.05, 0.1) is 11.8 Å². The van der Waals surface area contributed by atoms with E-state index in [0.29, 0.717) is 18.5 Å². The fourth-order valence-corrected chi connectivity index (χ4v) is 3.03. The smallest absolute Gasteiger partial charge is 0.255 e. The van der Waals surface area contributed by atoms with Crippen LogP contribution in [0, 0.1) is 6.92 Å². The van der Waals surface area contributed by atoms with Crippen LogP contribution in [-0.4, -0.2) is 36.3 Å². The summed E-state index contributed by atoms with van der Waals surface area (Å²) >= 11 is 0. The Balaban J connectivity index is 1.60. The maximum absolute atomic E-state index is 12.8. The minimum atomic E-state index is -0.769.